The van der Waals surface area contributed by atoms with Crippen molar-refractivity contribution in [2.45, 2.75) is 36.4 Å². The molecule has 0 amide bonds. The fourth-order valence-corrected chi connectivity index (χ4v) is 5.44. The largest absolute Gasteiger partial charge is 0.374 e. The molecule has 120 valence electrons. The Morgan fingerprint density at radius 3 is 2.43 bits per heavy atom. The average molecular weight is 329 g/mol. The average Bonchev–Trinajstić information content (AvgIpc) is 3.17. The summed E-state index contributed by atoms with van der Waals surface area (Å²) in [6.45, 7) is 2.44. The first-order valence-corrected chi connectivity index (χ1v) is 9.28. The van der Waals surface area contributed by atoms with E-state index in [0.29, 0.717) is 11.5 Å². The van der Waals surface area contributed by atoms with E-state index in [4.69, 9.17) is 4.74 Å². The summed E-state index contributed by atoms with van der Waals surface area (Å²) in [5, 5.41) is 0. The summed E-state index contributed by atoms with van der Waals surface area (Å²) >= 11 is 0. The Hall–Kier alpha value is -1.69. The van der Waals surface area contributed by atoms with Crippen molar-refractivity contribution in [2.75, 3.05) is 6.61 Å². The van der Waals surface area contributed by atoms with Gasteiger partial charge in [-0.1, -0.05) is 48.0 Å². The van der Waals surface area contributed by atoms with Crippen LogP contribution in [-0.4, -0.2) is 31.5 Å². The summed E-state index contributed by atoms with van der Waals surface area (Å²) in [5.74, 6) is 0. The summed E-state index contributed by atoms with van der Waals surface area (Å²) in [7, 11) is -3.53. The number of morpholine rings is 1. The van der Waals surface area contributed by atoms with Gasteiger partial charge in [-0.25, -0.2) is 8.42 Å². The number of hydrogen-bond donors (Lipinski definition) is 0. The highest BCUT2D eigenvalue weighted by Gasteiger charge is 2.53. The van der Waals surface area contributed by atoms with Gasteiger partial charge in [-0.05, 0) is 31.0 Å². The highest BCUT2D eigenvalue weighted by molar-refractivity contribution is 7.89. The molecular weight excluding hydrogens is 310 g/mol. The molecule has 4 rings (SSSR count). The van der Waals surface area contributed by atoms with Crippen molar-refractivity contribution in [3.8, 4) is 0 Å². The van der Waals surface area contributed by atoms with E-state index < -0.39 is 10.0 Å². The Labute approximate surface area is 136 Å². The summed E-state index contributed by atoms with van der Waals surface area (Å²) in [5.41, 5.74) is 2.05. The van der Waals surface area contributed by atoms with Crippen molar-refractivity contribution in [1.29, 1.82) is 0 Å². The Morgan fingerprint density at radius 2 is 1.74 bits per heavy atom. The molecule has 2 fully saturated rings. The molecule has 23 heavy (non-hydrogen) atoms. The van der Waals surface area contributed by atoms with Crippen molar-refractivity contribution in [2.24, 2.45) is 0 Å². The molecule has 2 bridgehead atoms. The Morgan fingerprint density at radius 1 is 1.04 bits per heavy atom. The maximum Gasteiger partial charge on any atom is 0.244 e. The van der Waals surface area contributed by atoms with E-state index in [1.165, 1.54) is 0 Å². The third-order valence-corrected chi connectivity index (χ3v) is 6.68. The fraction of sp³-hybridized carbons (Fsp3) is 0.333. The number of rotatable bonds is 3. The van der Waals surface area contributed by atoms with Gasteiger partial charge in [-0.3, -0.25) is 0 Å². The lowest BCUT2D eigenvalue weighted by molar-refractivity contribution is 0.0198. The van der Waals surface area contributed by atoms with Crippen LogP contribution in [0.25, 0.3) is 0 Å². The minimum Gasteiger partial charge on any atom is -0.374 e. The molecular formula is C18H19NO3S. The molecule has 2 saturated heterocycles. The third kappa shape index (κ3) is 2.40. The molecule has 0 radical (unpaired) electrons. The van der Waals surface area contributed by atoms with E-state index in [1.807, 2.05) is 49.4 Å². The lowest BCUT2D eigenvalue weighted by Gasteiger charge is -2.34. The summed E-state index contributed by atoms with van der Waals surface area (Å²) in [6.07, 6.45) is 0.715. The normalized spacial score (nSPS) is 27.4. The lowest BCUT2D eigenvalue weighted by Crippen LogP contribution is -2.43. The molecule has 0 saturated carbocycles. The van der Waals surface area contributed by atoms with Gasteiger partial charge in [-0.2, -0.15) is 4.31 Å². The Bertz CT molecular complexity index is 802. The zero-order chi connectivity index (χ0) is 16.0. The number of nitrogens with zero attached hydrogens (tertiary/aromatic N) is 1. The highest BCUT2D eigenvalue weighted by Crippen LogP contribution is 2.46. The molecule has 5 heteroatoms. The number of fused-ring (bicyclic) bond motifs is 2. The van der Waals surface area contributed by atoms with E-state index in [1.54, 1.807) is 16.4 Å². The van der Waals surface area contributed by atoms with Crippen LogP contribution in [-0.2, 0) is 14.8 Å². The van der Waals surface area contributed by atoms with Gasteiger partial charge in [-0.15, -0.1) is 0 Å². The minimum atomic E-state index is -3.53. The molecule has 0 N–H and O–H groups in total. The van der Waals surface area contributed by atoms with Crippen molar-refractivity contribution in [1.82, 2.24) is 4.31 Å². The summed E-state index contributed by atoms with van der Waals surface area (Å²) in [6, 6.07) is 16.5. The first-order valence-electron chi connectivity index (χ1n) is 7.84. The van der Waals surface area contributed by atoms with E-state index in [0.717, 1.165) is 17.5 Å². The second kappa shape index (κ2) is 5.44. The number of benzene rings is 2. The first kappa shape index (κ1) is 14.9. The fourth-order valence-electron chi connectivity index (χ4n) is 3.62. The monoisotopic (exact) mass is 329 g/mol. The molecule has 2 heterocycles. The van der Waals surface area contributed by atoms with Crippen LogP contribution >= 0.6 is 0 Å². The standard InChI is InChI=1S/C18H19NO3S/c1-13-7-9-16(10-8-13)23(20,21)19-15-11-17(22-12-15)18(19)14-5-3-2-4-6-14/h2-10,15,17-18H,11-12H2,1H3. The number of aryl methyl sites for hydroxylation is 1. The Balaban J connectivity index is 1.78. The molecule has 0 spiro atoms. The molecule has 0 aliphatic carbocycles. The maximum atomic E-state index is 13.2. The van der Waals surface area contributed by atoms with Gasteiger partial charge in [0.05, 0.1) is 29.7 Å². The van der Waals surface area contributed by atoms with Gasteiger partial charge in [0.25, 0.3) is 0 Å². The second-order valence-corrected chi connectivity index (χ2v) is 8.11. The number of ether oxygens (including phenoxy) is 1. The molecule has 3 atom stereocenters. The van der Waals surface area contributed by atoms with Crippen molar-refractivity contribution in [3.63, 3.8) is 0 Å². The Kier molecular flexibility index (Phi) is 3.52. The van der Waals surface area contributed by atoms with Gasteiger partial charge in [0.1, 0.15) is 0 Å². The third-order valence-electron chi connectivity index (χ3n) is 4.73. The minimum absolute atomic E-state index is 0.0531. The zero-order valence-corrected chi connectivity index (χ0v) is 13.7. The molecule has 2 aromatic carbocycles. The zero-order valence-electron chi connectivity index (χ0n) is 12.9. The maximum absolute atomic E-state index is 13.2. The van der Waals surface area contributed by atoms with Crippen molar-refractivity contribution in [3.05, 3.63) is 65.7 Å². The van der Waals surface area contributed by atoms with Crippen LogP contribution in [0.5, 0.6) is 0 Å². The molecule has 2 aliphatic heterocycles. The topological polar surface area (TPSA) is 46.6 Å². The van der Waals surface area contributed by atoms with E-state index in [-0.39, 0.29) is 18.2 Å². The van der Waals surface area contributed by atoms with Gasteiger partial charge >= 0.3 is 0 Å². The molecule has 2 aromatic rings. The SMILES string of the molecule is Cc1ccc(S(=O)(=O)N2C3COC(C3)C2c2ccccc2)cc1. The molecule has 3 unspecified atom stereocenters. The molecule has 4 nitrogen and oxygen atoms in total. The summed E-state index contributed by atoms with van der Waals surface area (Å²) in [4.78, 5) is 0.358. The van der Waals surface area contributed by atoms with E-state index in [2.05, 4.69) is 0 Å². The lowest BCUT2D eigenvalue weighted by atomic mass is 10.0. The van der Waals surface area contributed by atoms with Crippen LogP contribution < -0.4 is 0 Å². The van der Waals surface area contributed by atoms with Crippen molar-refractivity contribution < 1.29 is 13.2 Å². The van der Waals surface area contributed by atoms with Crippen molar-refractivity contribution >= 4 is 10.0 Å². The first-order chi connectivity index (χ1) is 11.1. The van der Waals surface area contributed by atoms with E-state index >= 15 is 0 Å². The van der Waals surface area contributed by atoms with Gasteiger partial charge < -0.3 is 4.74 Å². The van der Waals surface area contributed by atoms with Crippen LogP contribution in [0.3, 0.4) is 0 Å². The smallest absolute Gasteiger partial charge is 0.244 e. The highest BCUT2D eigenvalue weighted by atomic mass is 32.2. The predicted octanol–water partition coefficient (Wildman–Crippen LogP) is 2.90. The predicted molar refractivity (Wildman–Crippen MR) is 87.5 cm³/mol. The molecule has 0 aromatic heterocycles. The van der Waals surface area contributed by atoms with Gasteiger partial charge in [0.15, 0.2) is 0 Å². The molecule has 2 aliphatic rings. The quantitative estimate of drug-likeness (QED) is 0.870. The van der Waals surface area contributed by atoms with Crippen LogP contribution in [0.1, 0.15) is 23.6 Å². The number of sulfonamides is 1. The summed E-state index contributed by atoms with van der Waals surface area (Å²) < 4.78 is 33.8. The second-order valence-electron chi connectivity index (χ2n) is 6.26. The van der Waals surface area contributed by atoms with Gasteiger partial charge in [0.2, 0.25) is 10.0 Å². The van der Waals surface area contributed by atoms with Crippen LogP contribution in [0, 0.1) is 6.92 Å². The van der Waals surface area contributed by atoms with Crippen LogP contribution in [0.15, 0.2) is 59.5 Å². The van der Waals surface area contributed by atoms with Gasteiger partial charge in [0, 0.05) is 0 Å². The van der Waals surface area contributed by atoms with Crippen LogP contribution in [0.2, 0.25) is 0 Å². The van der Waals surface area contributed by atoms with Crippen LogP contribution in [0.4, 0.5) is 0 Å². The number of hydrogen-bond acceptors (Lipinski definition) is 3. The van der Waals surface area contributed by atoms with E-state index in [9.17, 15) is 8.42 Å².